The molecule has 0 bridgehead atoms. The number of oxazole rings is 1. The van der Waals surface area contributed by atoms with Crippen molar-refractivity contribution in [3.8, 4) is 11.5 Å². The molecule has 0 saturated heterocycles. The topological polar surface area (TPSA) is 60.9 Å². The zero-order chi connectivity index (χ0) is 18.3. The molecule has 2 aromatic carbocycles. The Labute approximate surface area is 156 Å². The third-order valence-electron chi connectivity index (χ3n) is 3.80. The van der Waals surface area contributed by atoms with Crippen LogP contribution in [0.2, 0.25) is 10.0 Å². The van der Waals surface area contributed by atoms with Crippen molar-refractivity contribution in [3.63, 3.8) is 0 Å². The quantitative estimate of drug-likeness (QED) is 0.515. The van der Waals surface area contributed by atoms with E-state index in [1.165, 1.54) is 41.4 Å². The molecule has 0 aliphatic heterocycles. The lowest BCUT2D eigenvalue weighted by Gasteiger charge is -2.06. The number of aromatic nitrogens is 3. The molecule has 8 heteroatoms. The molecule has 2 aromatic heterocycles. The highest BCUT2D eigenvalue weighted by atomic mass is 35.5. The first-order valence-electron chi connectivity index (χ1n) is 7.56. The summed E-state index contributed by atoms with van der Waals surface area (Å²) in [6.07, 6.45) is 2.81. The predicted molar refractivity (Wildman–Crippen MR) is 97.0 cm³/mol. The molecule has 0 unspecified atom stereocenters. The second kappa shape index (κ2) is 6.55. The van der Waals surface area contributed by atoms with E-state index >= 15 is 0 Å². The number of halogens is 3. The smallest absolute Gasteiger partial charge is 0.261 e. The van der Waals surface area contributed by atoms with Crippen molar-refractivity contribution in [1.82, 2.24) is 14.5 Å². The summed E-state index contributed by atoms with van der Waals surface area (Å²) in [6.45, 7) is 0.144. The van der Waals surface area contributed by atoms with Gasteiger partial charge in [-0.3, -0.25) is 9.36 Å². The molecule has 4 aromatic rings. The van der Waals surface area contributed by atoms with Crippen LogP contribution in [0.4, 0.5) is 4.39 Å². The van der Waals surface area contributed by atoms with Crippen LogP contribution in [0.1, 0.15) is 5.69 Å². The number of hydrogen-bond donors (Lipinski definition) is 0. The Kier molecular flexibility index (Phi) is 4.22. The lowest BCUT2D eigenvalue weighted by molar-refractivity contribution is 0.569. The van der Waals surface area contributed by atoms with Crippen LogP contribution in [0, 0.1) is 5.82 Å². The predicted octanol–water partition coefficient (Wildman–Crippen LogP) is 4.55. The van der Waals surface area contributed by atoms with Crippen molar-refractivity contribution in [1.29, 1.82) is 0 Å². The van der Waals surface area contributed by atoms with Gasteiger partial charge in [-0.25, -0.2) is 14.4 Å². The lowest BCUT2D eigenvalue weighted by atomic mass is 10.2. The molecule has 26 heavy (non-hydrogen) atoms. The number of hydrogen-bond acceptors (Lipinski definition) is 4. The second-order valence-electron chi connectivity index (χ2n) is 5.62. The largest absolute Gasteiger partial charge is 0.444 e. The van der Waals surface area contributed by atoms with Crippen molar-refractivity contribution < 1.29 is 8.81 Å². The summed E-state index contributed by atoms with van der Waals surface area (Å²) in [5, 5.41) is 0.986. The third-order valence-corrected chi connectivity index (χ3v) is 4.31. The van der Waals surface area contributed by atoms with Crippen LogP contribution in [0.15, 0.2) is 58.2 Å². The normalized spacial score (nSPS) is 11.2. The minimum absolute atomic E-state index is 0.144. The first-order chi connectivity index (χ1) is 12.5. The molecule has 0 aliphatic rings. The van der Waals surface area contributed by atoms with Crippen molar-refractivity contribution in [2.24, 2.45) is 0 Å². The molecule has 2 heterocycles. The molecule has 4 rings (SSSR count). The standard InChI is InChI=1S/C18H10Cl2FN3O2/c19-11-5-14-16(15(20)6-11)22-9-24(18(14)25)7-13-8-26-17(23-13)10-2-1-3-12(21)4-10/h1-6,8-9H,7H2. The van der Waals surface area contributed by atoms with E-state index in [9.17, 15) is 9.18 Å². The fourth-order valence-corrected chi connectivity index (χ4v) is 3.16. The second-order valence-corrected chi connectivity index (χ2v) is 6.46. The fourth-order valence-electron chi connectivity index (χ4n) is 2.62. The van der Waals surface area contributed by atoms with E-state index in [2.05, 4.69) is 9.97 Å². The average molecular weight is 390 g/mol. The number of nitrogens with zero attached hydrogens (tertiary/aromatic N) is 3. The maximum atomic E-state index is 13.3. The van der Waals surface area contributed by atoms with E-state index in [-0.39, 0.29) is 23.8 Å². The summed E-state index contributed by atoms with van der Waals surface area (Å²) in [5.41, 5.74) is 1.10. The van der Waals surface area contributed by atoms with Gasteiger partial charge in [0.15, 0.2) is 0 Å². The Morgan fingerprint density at radius 1 is 1.19 bits per heavy atom. The Hall–Kier alpha value is -2.70. The van der Waals surface area contributed by atoms with Crippen LogP contribution in [0.25, 0.3) is 22.4 Å². The van der Waals surface area contributed by atoms with Crippen molar-refractivity contribution in [3.05, 3.63) is 80.9 Å². The van der Waals surface area contributed by atoms with E-state index in [0.717, 1.165) is 0 Å². The van der Waals surface area contributed by atoms with Crippen LogP contribution in [0.3, 0.4) is 0 Å². The summed E-state index contributed by atoms with van der Waals surface area (Å²) in [7, 11) is 0. The minimum atomic E-state index is -0.383. The van der Waals surface area contributed by atoms with Gasteiger partial charge in [0.2, 0.25) is 5.89 Å². The molecule has 0 spiro atoms. The first-order valence-corrected chi connectivity index (χ1v) is 8.31. The van der Waals surface area contributed by atoms with Gasteiger partial charge in [0.1, 0.15) is 12.1 Å². The number of benzene rings is 2. The molecule has 0 aliphatic carbocycles. The third kappa shape index (κ3) is 3.09. The lowest BCUT2D eigenvalue weighted by Crippen LogP contribution is -2.21. The van der Waals surface area contributed by atoms with E-state index in [0.29, 0.717) is 32.2 Å². The van der Waals surface area contributed by atoms with Gasteiger partial charge in [-0.15, -0.1) is 0 Å². The maximum absolute atomic E-state index is 13.3. The molecule has 5 nitrogen and oxygen atoms in total. The van der Waals surface area contributed by atoms with Gasteiger partial charge >= 0.3 is 0 Å². The van der Waals surface area contributed by atoms with Crippen LogP contribution in [-0.4, -0.2) is 14.5 Å². The van der Waals surface area contributed by atoms with E-state index < -0.39 is 0 Å². The van der Waals surface area contributed by atoms with Gasteiger partial charge < -0.3 is 4.42 Å². The zero-order valence-corrected chi connectivity index (χ0v) is 14.6. The van der Waals surface area contributed by atoms with Gasteiger partial charge in [-0.05, 0) is 30.3 Å². The molecule has 0 atom stereocenters. The Balaban J connectivity index is 1.70. The Morgan fingerprint density at radius 2 is 2.04 bits per heavy atom. The van der Waals surface area contributed by atoms with Gasteiger partial charge in [0.05, 0.1) is 34.5 Å². The molecular weight excluding hydrogens is 380 g/mol. The summed E-state index contributed by atoms with van der Waals surface area (Å²) < 4.78 is 20.1. The summed E-state index contributed by atoms with van der Waals surface area (Å²) in [5.74, 6) is -0.113. The van der Waals surface area contributed by atoms with Gasteiger partial charge in [-0.2, -0.15) is 0 Å². The van der Waals surface area contributed by atoms with E-state index in [1.54, 1.807) is 12.1 Å². The van der Waals surface area contributed by atoms with Crippen molar-refractivity contribution in [2.75, 3.05) is 0 Å². The molecule has 0 fully saturated rings. The Bertz CT molecular complexity index is 1190. The molecule has 130 valence electrons. The highest BCUT2D eigenvalue weighted by Gasteiger charge is 2.12. The minimum Gasteiger partial charge on any atom is -0.444 e. The summed E-state index contributed by atoms with van der Waals surface area (Å²) in [4.78, 5) is 21.2. The van der Waals surface area contributed by atoms with Crippen LogP contribution < -0.4 is 5.56 Å². The maximum Gasteiger partial charge on any atom is 0.261 e. The average Bonchev–Trinajstić information content (AvgIpc) is 3.06. The summed E-state index contributed by atoms with van der Waals surface area (Å²) >= 11 is 12.1. The highest BCUT2D eigenvalue weighted by Crippen LogP contribution is 2.24. The molecule has 0 radical (unpaired) electrons. The SMILES string of the molecule is O=c1c2cc(Cl)cc(Cl)c2ncn1Cc1coc(-c2cccc(F)c2)n1. The van der Waals surface area contributed by atoms with Crippen molar-refractivity contribution >= 4 is 34.1 Å². The zero-order valence-electron chi connectivity index (χ0n) is 13.1. The van der Waals surface area contributed by atoms with E-state index in [4.69, 9.17) is 27.6 Å². The number of rotatable bonds is 3. The first kappa shape index (κ1) is 16.8. The van der Waals surface area contributed by atoms with Gasteiger partial charge in [0, 0.05) is 10.6 Å². The highest BCUT2D eigenvalue weighted by molar-refractivity contribution is 6.38. The van der Waals surface area contributed by atoms with Crippen molar-refractivity contribution in [2.45, 2.75) is 6.54 Å². The number of fused-ring (bicyclic) bond motifs is 1. The monoisotopic (exact) mass is 389 g/mol. The van der Waals surface area contributed by atoms with Crippen LogP contribution >= 0.6 is 23.2 Å². The van der Waals surface area contributed by atoms with Gasteiger partial charge in [0.25, 0.3) is 5.56 Å². The van der Waals surface area contributed by atoms with Crippen LogP contribution in [-0.2, 0) is 6.54 Å². The summed E-state index contributed by atoms with van der Waals surface area (Å²) in [6, 6.07) is 8.97. The van der Waals surface area contributed by atoms with Crippen LogP contribution in [0.5, 0.6) is 0 Å². The fraction of sp³-hybridized carbons (Fsp3) is 0.0556. The molecule has 0 saturated carbocycles. The Morgan fingerprint density at radius 3 is 2.85 bits per heavy atom. The molecule has 0 N–H and O–H groups in total. The molecule has 0 amide bonds. The van der Waals surface area contributed by atoms with E-state index in [1.807, 2.05) is 0 Å². The van der Waals surface area contributed by atoms with Gasteiger partial charge in [-0.1, -0.05) is 29.3 Å². The molecular formula is C18H10Cl2FN3O2.